The standard InChI is InChI=1S/C9H8Cl2N2O2.C7H5BrCl2N2O2/c1-3-4-6(12)5(10)8(11)13-7(4)9(14)15-2;1-14-7(13)5-2(8)4(11)3(9)6(10)12-5/h3H,1H2,2H3,(H2,12,13);1H3,(H2,11,12). The van der Waals surface area contributed by atoms with Gasteiger partial charge in [0.1, 0.15) is 10.0 Å². The number of nitrogen functional groups attached to an aromatic ring is 2. The SMILES string of the molecule is C=Cc1c(C(=O)OC)nc(Cl)c(Cl)c1N.COC(=O)c1nc(Cl)c(Cl)c(N)c1Br. The van der Waals surface area contributed by atoms with Crippen LogP contribution in [0, 0.1) is 0 Å². The number of carbonyl (C=O) groups excluding carboxylic acids is 2. The zero-order valence-corrected chi connectivity index (χ0v) is 19.5. The Morgan fingerprint density at radius 1 is 0.931 bits per heavy atom. The van der Waals surface area contributed by atoms with Gasteiger partial charge in [-0.2, -0.15) is 0 Å². The van der Waals surface area contributed by atoms with Gasteiger partial charge in [0.15, 0.2) is 21.7 Å². The molecule has 0 aliphatic rings. The van der Waals surface area contributed by atoms with Crippen LogP contribution in [0.3, 0.4) is 0 Å². The van der Waals surface area contributed by atoms with E-state index in [-0.39, 0.29) is 47.6 Å². The molecule has 0 saturated carbocycles. The first-order valence-electron chi connectivity index (χ1n) is 7.25. The third kappa shape index (κ3) is 5.64. The number of rotatable bonds is 3. The number of halogens is 5. The summed E-state index contributed by atoms with van der Waals surface area (Å²) in [6.45, 7) is 3.51. The summed E-state index contributed by atoms with van der Waals surface area (Å²) in [5.41, 5.74) is 11.9. The van der Waals surface area contributed by atoms with Crippen molar-refractivity contribution in [3.63, 3.8) is 0 Å². The first kappa shape index (κ1) is 25.3. The lowest BCUT2D eigenvalue weighted by Gasteiger charge is -2.09. The topological polar surface area (TPSA) is 130 Å². The van der Waals surface area contributed by atoms with E-state index in [0.717, 1.165) is 0 Å². The average molecular weight is 547 g/mol. The van der Waals surface area contributed by atoms with E-state index in [0.29, 0.717) is 5.56 Å². The molecule has 0 fully saturated rings. The van der Waals surface area contributed by atoms with Gasteiger partial charge in [0.2, 0.25) is 0 Å². The molecule has 0 aromatic carbocycles. The Bertz CT molecular complexity index is 988. The van der Waals surface area contributed by atoms with Crippen LogP contribution in [0.25, 0.3) is 6.08 Å². The first-order chi connectivity index (χ1) is 13.5. The fourth-order valence-electron chi connectivity index (χ4n) is 1.79. The number of hydrogen-bond donors (Lipinski definition) is 2. The molecule has 0 saturated heterocycles. The van der Waals surface area contributed by atoms with Gasteiger partial charge in [0, 0.05) is 5.56 Å². The van der Waals surface area contributed by atoms with Crippen LogP contribution >= 0.6 is 62.3 Å². The minimum Gasteiger partial charge on any atom is -0.464 e. The molecule has 0 aliphatic heterocycles. The lowest BCUT2D eigenvalue weighted by atomic mass is 10.1. The van der Waals surface area contributed by atoms with Crippen molar-refractivity contribution in [2.24, 2.45) is 0 Å². The molecule has 0 atom stereocenters. The zero-order chi connectivity index (χ0) is 22.5. The van der Waals surface area contributed by atoms with Gasteiger partial charge in [-0.25, -0.2) is 19.6 Å². The van der Waals surface area contributed by atoms with Gasteiger partial charge in [-0.15, -0.1) is 0 Å². The Morgan fingerprint density at radius 2 is 1.34 bits per heavy atom. The molecule has 4 N–H and O–H groups in total. The zero-order valence-electron chi connectivity index (χ0n) is 14.9. The summed E-state index contributed by atoms with van der Waals surface area (Å²) in [5, 5.41) is 0.123. The van der Waals surface area contributed by atoms with E-state index in [1.165, 1.54) is 20.3 Å². The molecule has 8 nitrogen and oxygen atoms in total. The van der Waals surface area contributed by atoms with Crippen LogP contribution in [0.15, 0.2) is 11.1 Å². The quantitative estimate of drug-likeness (QED) is 0.410. The van der Waals surface area contributed by atoms with Gasteiger partial charge in [0.05, 0.1) is 30.1 Å². The number of methoxy groups -OCH3 is 2. The second-order valence-electron chi connectivity index (χ2n) is 4.87. The summed E-state index contributed by atoms with van der Waals surface area (Å²) >= 11 is 25.9. The van der Waals surface area contributed by atoms with E-state index < -0.39 is 11.9 Å². The Balaban J connectivity index is 0.000000291. The molecule has 13 heteroatoms. The Morgan fingerprint density at radius 3 is 1.79 bits per heavy atom. The maximum Gasteiger partial charge on any atom is 0.357 e. The van der Waals surface area contributed by atoms with Gasteiger partial charge < -0.3 is 20.9 Å². The third-order valence-electron chi connectivity index (χ3n) is 3.21. The maximum atomic E-state index is 11.3. The van der Waals surface area contributed by atoms with E-state index in [2.05, 4.69) is 42.0 Å². The van der Waals surface area contributed by atoms with Crippen LogP contribution in [0.2, 0.25) is 20.4 Å². The van der Waals surface area contributed by atoms with Crippen molar-refractivity contribution in [2.75, 3.05) is 25.7 Å². The van der Waals surface area contributed by atoms with Gasteiger partial charge in [-0.05, 0) is 15.9 Å². The van der Waals surface area contributed by atoms with Crippen LogP contribution in [-0.4, -0.2) is 36.1 Å². The van der Waals surface area contributed by atoms with Crippen LogP contribution in [0.4, 0.5) is 11.4 Å². The summed E-state index contributed by atoms with van der Waals surface area (Å²) in [4.78, 5) is 30.0. The van der Waals surface area contributed by atoms with Crippen molar-refractivity contribution in [3.05, 3.63) is 48.4 Å². The minimum absolute atomic E-state index is 0.000556. The van der Waals surface area contributed by atoms with Crippen LogP contribution in [0.5, 0.6) is 0 Å². The Hall–Kier alpha value is -1.78. The first-order valence-corrected chi connectivity index (χ1v) is 9.55. The number of nitrogens with two attached hydrogens (primary N) is 2. The number of pyridine rings is 2. The van der Waals surface area contributed by atoms with Gasteiger partial charge in [-0.3, -0.25) is 0 Å². The predicted octanol–water partition coefficient (Wildman–Crippen LogP) is 4.92. The van der Waals surface area contributed by atoms with Gasteiger partial charge in [0.25, 0.3) is 0 Å². The predicted molar refractivity (Wildman–Crippen MR) is 118 cm³/mol. The molecule has 2 aromatic rings. The van der Waals surface area contributed by atoms with E-state index in [4.69, 9.17) is 57.9 Å². The number of ether oxygens (including phenoxy) is 2. The Kier molecular flexibility index (Phi) is 9.44. The lowest BCUT2D eigenvalue weighted by Crippen LogP contribution is -2.09. The largest absolute Gasteiger partial charge is 0.464 e. The summed E-state index contributed by atoms with van der Waals surface area (Å²) in [5.74, 6) is -1.28. The number of carbonyl (C=O) groups is 2. The molecule has 2 heterocycles. The van der Waals surface area contributed by atoms with Crippen molar-refractivity contribution in [2.45, 2.75) is 0 Å². The second kappa shape index (κ2) is 10.8. The molecular weight excluding hydrogens is 534 g/mol. The summed E-state index contributed by atoms with van der Waals surface area (Å²) in [6, 6.07) is 0. The van der Waals surface area contributed by atoms with E-state index in [1.54, 1.807) is 0 Å². The Labute approximate surface area is 194 Å². The van der Waals surface area contributed by atoms with E-state index >= 15 is 0 Å². The highest BCUT2D eigenvalue weighted by Gasteiger charge is 2.20. The van der Waals surface area contributed by atoms with Crippen LogP contribution < -0.4 is 11.5 Å². The van der Waals surface area contributed by atoms with Gasteiger partial charge in [-0.1, -0.05) is 59.1 Å². The van der Waals surface area contributed by atoms with Crippen molar-refractivity contribution >= 4 is 91.7 Å². The molecule has 0 bridgehead atoms. The average Bonchev–Trinajstić information content (AvgIpc) is 2.72. The monoisotopic (exact) mass is 544 g/mol. The highest BCUT2D eigenvalue weighted by Crippen LogP contribution is 2.35. The summed E-state index contributed by atoms with van der Waals surface area (Å²) < 4.78 is 9.28. The van der Waals surface area contributed by atoms with Crippen molar-refractivity contribution in [1.82, 2.24) is 9.97 Å². The van der Waals surface area contributed by atoms with E-state index in [9.17, 15) is 9.59 Å². The van der Waals surface area contributed by atoms with E-state index in [1.807, 2.05) is 0 Å². The fraction of sp³-hybridized carbons (Fsp3) is 0.125. The number of nitrogens with zero attached hydrogens (tertiary/aromatic N) is 2. The highest BCUT2D eigenvalue weighted by molar-refractivity contribution is 9.10. The molecule has 29 heavy (non-hydrogen) atoms. The molecule has 0 unspecified atom stereocenters. The molecular formula is C16H13BrCl4N4O4. The third-order valence-corrected chi connectivity index (χ3v) is 5.51. The molecule has 0 spiro atoms. The van der Waals surface area contributed by atoms with Gasteiger partial charge >= 0.3 is 11.9 Å². The number of anilines is 2. The fourth-order valence-corrected chi connectivity index (χ4v) is 3.00. The number of aromatic nitrogens is 2. The smallest absolute Gasteiger partial charge is 0.357 e. The molecule has 0 amide bonds. The second-order valence-corrected chi connectivity index (χ2v) is 7.14. The molecule has 156 valence electrons. The number of esters is 2. The molecule has 0 aliphatic carbocycles. The van der Waals surface area contributed by atoms with Crippen LogP contribution in [-0.2, 0) is 9.47 Å². The molecule has 0 radical (unpaired) electrons. The maximum absolute atomic E-state index is 11.3. The minimum atomic E-state index is -0.643. The highest BCUT2D eigenvalue weighted by atomic mass is 79.9. The summed E-state index contributed by atoms with van der Waals surface area (Å²) in [7, 11) is 2.46. The lowest BCUT2D eigenvalue weighted by molar-refractivity contribution is 0.0584. The van der Waals surface area contributed by atoms with Crippen molar-refractivity contribution < 1.29 is 19.1 Å². The summed E-state index contributed by atoms with van der Waals surface area (Å²) in [6.07, 6.45) is 1.37. The molecule has 2 aromatic heterocycles. The van der Waals surface area contributed by atoms with Crippen molar-refractivity contribution in [3.8, 4) is 0 Å². The van der Waals surface area contributed by atoms with Crippen molar-refractivity contribution in [1.29, 1.82) is 0 Å². The molecule has 2 rings (SSSR count). The normalized spacial score (nSPS) is 9.90. The van der Waals surface area contributed by atoms with Crippen LogP contribution in [0.1, 0.15) is 26.5 Å². The number of hydrogen-bond acceptors (Lipinski definition) is 8.